The summed E-state index contributed by atoms with van der Waals surface area (Å²) >= 11 is -1.31. The molecule has 0 spiro atoms. The molecule has 126 valence electrons. The minimum atomic E-state index is -4.67. The standard InChI is InChI=1S/C12H17NO3S.H2O4S/c1-3-16-17(15)9-8-13-12(14)11-6-4-10(2)5-7-11;1-5(2,3)4/h4-7H,3,8-9H2,1-2H3,(H,13,14);(H2,1,2,3,4). The van der Waals surface area contributed by atoms with E-state index in [2.05, 4.69) is 5.32 Å². The predicted molar refractivity (Wildman–Crippen MR) is 82.3 cm³/mol. The number of aryl methyl sites for hydroxylation is 1. The molecule has 0 aliphatic rings. The molecular formula is C12H19NO7S2. The topological polar surface area (TPSA) is 130 Å². The summed E-state index contributed by atoms with van der Waals surface area (Å²) in [5.74, 6) is 0.157. The van der Waals surface area contributed by atoms with E-state index >= 15 is 0 Å². The maximum atomic E-state index is 11.6. The van der Waals surface area contributed by atoms with Crippen molar-refractivity contribution < 1.29 is 30.7 Å². The quantitative estimate of drug-likeness (QED) is 0.644. The first-order valence-electron chi connectivity index (χ1n) is 6.20. The van der Waals surface area contributed by atoms with Crippen molar-refractivity contribution in [3.8, 4) is 0 Å². The molecule has 1 unspecified atom stereocenters. The summed E-state index contributed by atoms with van der Waals surface area (Å²) in [4.78, 5) is 11.6. The number of nitrogens with one attached hydrogen (secondary N) is 1. The molecule has 1 rings (SSSR count). The van der Waals surface area contributed by atoms with Crippen molar-refractivity contribution in [2.24, 2.45) is 0 Å². The maximum absolute atomic E-state index is 11.6. The monoisotopic (exact) mass is 353 g/mol. The highest BCUT2D eigenvalue weighted by atomic mass is 32.3. The van der Waals surface area contributed by atoms with Gasteiger partial charge in [-0.3, -0.25) is 18.1 Å². The molecule has 0 bridgehead atoms. The molecular weight excluding hydrogens is 334 g/mol. The SMILES string of the molecule is CCOS(=O)CCNC(=O)c1ccc(C)cc1.O=S(=O)(O)O. The lowest BCUT2D eigenvalue weighted by Crippen LogP contribution is -2.28. The van der Waals surface area contributed by atoms with Crippen molar-refractivity contribution in [2.75, 3.05) is 18.9 Å². The zero-order chi connectivity index (χ0) is 17.2. The van der Waals surface area contributed by atoms with Crippen LogP contribution < -0.4 is 5.32 Å². The molecule has 0 radical (unpaired) electrons. The first kappa shape index (κ1) is 20.7. The first-order chi connectivity index (χ1) is 10.1. The molecule has 0 aliphatic carbocycles. The third kappa shape index (κ3) is 12.4. The lowest BCUT2D eigenvalue weighted by molar-refractivity contribution is 0.0956. The fourth-order valence-corrected chi connectivity index (χ4v) is 1.89. The van der Waals surface area contributed by atoms with Gasteiger partial charge in [0, 0.05) is 12.1 Å². The molecule has 1 aromatic carbocycles. The molecule has 0 aliphatic heterocycles. The summed E-state index contributed by atoms with van der Waals surface area (Å²) in [6.07, 6.45) is 0. The van der Waals surface area contributed by atoms with E-state index in [1.807, 2.05) is 19.1 Å². The Morgan fingerprint density at radius 2 is 1.77 bits per heavy atom. The van der Waals surface area contributed by atoms with Gasteiger partial charge in [0.05, 0.1) is 12.4 Å². The van der Waals surface area contributed by atoms with Crippen LogP contribution >= 0.6 is 0 Å². The lowest BCUT2D eigenvalue weighted by Gasteiger charge is -2.05. The van der Waals surface area contributed by atoms with Crippen molar-refractivity contribution in [1.29, 1.82) is 0 Å². The van der Waals surface area contributed by atoms with Crippen LogP contribution in [0, 0.1) is 6.92 Å². The summed E-state index contributed by atoms with van der Waals surface area (Å²) in [6, 6.07) is 7.30. The number of hydrogen-bond donors (Lipinski definition) is 3. The number of hydrogen-bond acceptors (Lipinski definition) is 5. The van der Waals surface area contributed by atoms with E-state index < -0.39 is 21.5 Å². The molecule has 1 amide bonds. The molecule has 8 nitrogen and oxygen atoms in total. The minimum absolute atomic E-state index is 0.154. The summed E-state index contributed by atoms with van der Waals surface area (Å²) in [7, 11) is -4.67. The van der Waals surface area contributed by atoms with Crippen LogP contribution in [0.1, 0.15) is 22.8 Å². The molecule has 0 heterocycles. The van der Waals surface area contributed by atoms with Crippen molar-refractivity contribution >= 4 is 27.4 Å². The minimum Gasteiger partial charge on any atom is -0.351 e. The van der Waals surface area contributed by atoms with Crippen LogP contribution in [0.25, 0.3) is 0 Å². The second-order valence-electron chi connectivity index (χ2n) is 3.98. The Kier molecular flexibility index (Phi) is 9.78. The number of rotatable bonds is 6. The van der Waals surface area contributed by atoms with Crippen LogP contribution in [-0.4, -0.2) is 46.5 Å². The van der Waals surface area contributed by atoms with Crippen LogP contribution in [0.2, 0.25) is 0 Å². The largest absolute Gasteiger partial charge is 0.394 e. The Labute approximate surface area is 132 Å². The van der Waals surface area contributed by atoms with Gasteiger partial charge < -0.3 is 5.32 Å². The van der Waals surface area contributed by atoms with Gasteiger partial charge in [-0.2, -0.15) is 8.42 Å². The average Bonchev–Trinajstić information content (AvgIpc) is 2.37. The molecule has 1 atom stereocenters. The summed E-state index contributed by atoms with van der Waals surface area (Å²) in [6.45, 7) is 4.51. The van der Waals surface area contributed by atoms with Gasteiger partial charge in [-0.25, -0.2) is 4.21 Å². The highest BCUT2D eigenvalue weighted by Gasteiger charge is 2.05. The van der Waals surface area contributed by atoms with E-state index in [0.29, 0.717) is 24.5 Å². The van der Waals surface area contributed by atoms with E-state index in [1.165, 1.54) is 0 Å². The number of amides is 1. The molecule has 22 heavy (non-hydrogen) atoms. The predicted octanol–water partition coefficient (Wildman–Crippen LogP) is 0.772. The van der Waals surface area contributed by atoms with Gasteiger partial charge in [-0.05, 0) is 26.0 Å². The third-order valence-corrected chi connectivity index (χ3v) is 3.15. The Bertz CT molecular complexity index is 576. The Morgan fingerprint density at radius 1 is 1.27 bits per heavy atom. The van der Waals surface area contributed by atoms with Crippen LogP contribution in [0.15, 0.2) is 24.3 Å². The van der Waals surface area contributed by atoms with Gasteiger partial charge in [0.25, 0.3) is 5.91 Å². The summed E-state index contributed by atoms with van der Waals surface area (Å²) in [5.41, 5.74) is 1.72. The average molecular weight is 353 g/mol. The Balaban J connectivity index is 0.000000763. The molecule has 0 aromatic heterocycles. The summed E-state index contributed by atoms with van der Waals surface area (Å²) in [5, 5.41) is 2.70. The Morgan fingerprint density at radius 3 is 2.23 bits per heavy atom. The van der Waals surface area contributed by atoms with Gasteiger partial charge in [0.1, 0.15) is 0 Å². The zero-order valence-electron chi connectivity index (χ0n) is 12.2. The van der Waals surface area contributed by atoms with Crippen molar-refractivity contribution in [3.05, 3.63) is 35.4 Å². The van der Waals surface area contributed by atoms with Crippen LogP contribution in [-0.2, 0) is 25.7 Å². The molecule has 0 fully saturated rings. The van der Waals surface area contributed by atoms with E-state index in [1.54, 1.807) is 19.1 Å². The zero-order valence-corrected chi connectivity index (χ0v) is 13.8. The Hall–Kier alpha value is -1.33. The highest BCUT2D eigenvalue weighted by Crippen LogP contribution is 2.02. The second kappa shape index (κ2) is 10.4. The van der Waals surface area contributed by atoms with Crippen molar-refractivity contribution in [2.45, 2.75) is 13.8 Å². The van der Waals surface area contributed by atoms with E-state index in [-0.39, 0.29) is 5.91 Å². The number of carbonyl (C=O) groups excluding carboxylic acids is 1. The van der Waals surface area contributed by atoms with E-state index in [9.17, 15) is 9.00 Å². The van der Waals surface area contributed by atoms with Crippen LogP contribution in [0.5, 0.6) is 0 Å². The van der Waals surface area contributed by atoms with Crippen LogP contribution in [0.4, 0.5) is 0 Å². The highest BCUT2D eigenvalue weighted by molar-refractivity contribution is 7.80. The van der Waals surface area contributed by atoms with Gasteiger partial charge in [0.2, 0.25) is 0 Å². The number of benzene rings is 1. The van der Waals surface area contributed by atoms with Crippen LogP contribution in [0.3, 0.4) is 0 Å². The molecule has 3 N–H and O–H groups in total. The molecule has 0 saturated heterocycles. The van der Waals surface area contributed by atoms with Gasteiger partial charge >= 0.3 is 10.4 Å². The molecule has 1 aromatic rings. The second-order valence-corrected chi connectivity index (χ2v) is 6.13. The molecule has 10 heteroatoms. The van der Waals surface area contributed by atoms with Crippen molar-refractivity contribution in [3.63, 3.8) is 0 Å². The van der Waals surface area contributed by atoms with Gasteiger partial charge in [-0.1, -0.05) is 17.7 Å². The normalized spacial score (nSPS) is 12.0. The maximum Gasteiger partial charge on any atom is 0.394 e. The van der Waals surface area contributed by atoms with Gasteiger partial charge in [0.15, 0.2) is 11.1 Å². The van der Waals surface area contributed by atoms with E-state index in [4.69, 9.17) is 21.7 Å². The van der Waals surface area contributed by atoms with Crippen molar-refractivity contribution in [1.82, 2.24) is 5.32 Å². The third-order valence-electron chi connectivity index (χ3n) is 2.12. The smallest absolute Gasteiger partial charge is 0.351 e. The van der Waals surface area contributed by atoms with E-state index in [0.717, 1.165) is 5.56 Å². The van der Waals surface area contributed by atoms with Gasteiger partial charge in [-0.15, -0.1) is 0 Å². The fraction of sp³-hybridized carbons (Fsp3) is 0.417. The summed E-state index contributed by atoms with van der Waals surface area (Å²) < 4.78 is 47.6. The number of carbonyl (C=O) groups is 1. The molecule has 0 saturated carbocycles. The fourth-order valence-electron chi connectivity index (χ4n) is 1.25. The lowest BCUT2D eigenvalue weighted by atomic mass is 10.1. The first-order valence-corrected chi connectivity index (χ1v) is 8.84.